The van der Waals surface area contributed by atoms with Crippen LogP contribution in [-0.4, -0.2) is 62.7 Å². The van der Waals surface area contributed by atoms with E-state index in [0.29, 0.717) is 5.92 Å². The molecule has 4 heteroatoms. The van der Waals surface area contributed by atoms with E-state index in [9.17, 15) is 4.79 Å². The molecule has 2 rings (SSSR count). The minimum absolute atomic E-state index is 0.00590. The normalized spacial score (nSPS) is 25.3. The Morgan fingerprint density at radius 2 is 1.94 bits per heavy atom. The lowest BCUT2D eigenvalue weighted by molar-refractivity contribution is -0.149. The van der Waals surface area contributed by atoms with E-state index in [1.807, 2.05) is 0 Å². The molecule has 0 aromatic heterocycles. The lowest BCUT2D eigenvalue weighted by Crippen LogP contribution is -2.48. The SMILES string of the molecule is COC(=O)C(CN1CCN(C)CC1)C1CCC1. The van der Waals surface area contributed by atoms with Crippen molar-refractivity contribution in [1.82, 2.24) is 9.80 Å². The van der Waals surface area contributed by atoms with Gasteiger partial charge in [0.1, 0.15) is 0 Å². The van der Waals surface area contributed by atoms with Crippen molar-refractivity contribution in [2.24, 2.45) is 11.8 Å². The first-order valence-electron chi connectivity index (χ1n) is 6.69. The summed E-state index contributed by atoms with van der Waals surface area (Å²) in [6.07, 6.45) is 3.68. The minimum atomic E-state index is -0.00590. The van der Waals surface area contributed by atoms with E-state index in [1.54, 1.807) is 0 Å². The van der Waals surface area contributed by atoms with Crippen molar-refractivity contribution < 1.29 is 9.53 Å². The molecule has 2 aliphatic rings. The molecule has 98 valence electrons. The molecule has 0 aromatic rings. The lowest BCUT2D eigenvalue weighted by Gasteiger charge is -2.38. The third-order valence-electron chi connectivity index (χ3n) is 4.27. The Bertz CT molecular complexity index is 258. The monoisotopic (exact) mass is 240 g/mol. The average Bonchev–Trinajstić information content (AvgIpc) is 2.27. The zero-order valence-corrected chi connectivity index (χ0v) is 11.0. The highest BCUT2D eigenvalue weighted by Gasteiger charge is 2.34. The van der Waals surface area contributed by atoms with Crippen molar-refractivity contribution in [2.75, 3.05) is 46.9 Å². The van der Waals surface area contributed by atoms with Gasteiger partial charge in [0.2, 0.25) is 0 Å². The number of likely N-dealkylation sites (N-methyl/N-ethyl adjacent to an activating group) is 1. The van der Waals surface area contributed by atoms with E-state index in [-0.39, 0.29) is 11.9 Å². The predicted octanol–water partition coefficient (Wildman–Crippen LogP) is 0.823. The summed E-state index contributed by atoms with van der Waals surface area (Å²) in [6, 6.07) is 0. The van der Waals surface area contributed by atoms with Crippen LogP contribution in [0.3, 0.4) is 0 Å². The summed E-state index contributed by atoms with van der Waals surface area (Å²) >= 11 is 0. The first-order chi connectivity index (χ1) is 8.20. The van der Waals surface area contributed by atoms with Crippen LogP contribution in [-0.2, 0) is 9.53 Å². The Balaban J connectivity index is 1.86. The Kier molecular flexibility index (Phi) is 4.40. The van der Waals surface area contributed by atoms with Crippen molar-refractivity contribution in [2.45, 2.75) is 19.3 Å². The maximum atomic E-state index is 11.8. The molecule has 0 spiro atoms. The second-order valence-corrected chi connectivity index (χ2v) is 5.42. The van der Waals surface area contributed by atoms with Crippen LogP contribution in [0.5, 0.6) is 0 Å². The number of ether oxygens (including phenoxy) is 1. The van der Waals surface area contributed by atoms with Crippen LogP contribution in [0.2, 0.25) is 0 Å². The largest absolute Gasteiger partial charge is 0.469 e. The first-order valence-corrected chi connectivity index (χ1v) is 6.69. The highest BCUT2D eigenvalue weighted by Crippen LogP contribution is 2.34. The summed E-state index contributed by atoms with van der Waals surface area (Å²) in [4.78, 5) is 16.6. The van der Waals surface area contributed by atoms with Crippen molar-refractivity contribution in [3.8, 4) is 0 Å². The van der Waals surface area contributed by atoms with Crippen LogP contribution >= 0.6 is 0 Å². The summed E-state index contributed by atoms with van der Waals surface area (Å²) in [5, 5.41) is 0. The number of carbonyl (C=O) groups is 1. The van der Waals surface area contributed by atoms with Gasteiger partial charge in [0.15, 0.2) is 0 Å². The molecule has 0 N–H and O–H groups in total. The molecule has 0 bridgehead atoms. The molecule has 1 heterocycles. The van der Waals surface area contributed by atoms with Crippen LogP contribution < -0.4 is 0 Å². The summed E-state index contributed by atoms with van der Waals surface area (Å²) < 4.78 is 4.96. The van der Waals surface area contributed by atoms with Gasteiger partial charge < -0.3 is 9.64 Å². The Morgan fingerprint density at radius 3 is 2.41 bits per heavy atom. The number of hydrogen-bond acceptors (Lipinski definition) is 4. The van der Waals surface area contributed by atoms with Gasteiger partial charge in [-0.15, -0.1) is 0 Å². The van der Waals surface area contributed by atoms with Gasteiger partial charge in [0.25, 0.3) is 0 Å². The fraction of sp³-hybridized carbons (Fsp3) is 0.923. The van der Waals surface area contributed by atoms with Gasteiger partial charge in [0, 0.05) is 32.7 Å². The van der Waals surface area contributed by atoms with E-state index in [1.165, 1.54) is 26.4 Å². The van der Waals surface area contributed by atoms with E-state index < -0.39 is 0 Å². The van der Waals surface area contributed by atoms with Gasteiger partial charge >= 0.3 is 5.97 Å². The third-order valence-corrected chi connectivity index (χ3v) is 4.27. The molecule has 0 amide bonds. The topological polar surface area (TPSA) is 32.8 Å². The Hall–Kier alpha value is -0.610. The van der Waals surface area contributed by atoms with E-state index in [2.05, 4.69) is 16.8 Å². The van der Waals surface area contributed by atoms with Crippen LogP contribution in [0, 0.1) is 11.8 Å². The van der Waals surface area contributed by atoms with Gasteiger partial charge in [-0.3, -0.25) is 9.69 Å². The molecular weight excluding hydrogens is 216 g/mol. The standard InChI is InChI=1S/C13H24N2O2/c1-14-6-8-15(9-7-14)10-12(13(16)17-2)11-4-3-5-11/h11-12H,3-10H2,1-2H3. The number of hydrogen-bond donors (Lipinski definition) is 0. The van der Waals surface area contributed by atoms with Crippen LogP contribution in [0.15, 0.2) is 0 Å². The van der Waals surface area contributed by atoms with Gasteiger partial charge in [-0.2, -0.15) is 0 Å². The maximum Gasteiger partial charge on any atom is 0.310 e. The molecular formula is C13H24N2O2. The Labute approximate surface area is 104 Å². The minimum Gasteiger partial charge on any atom is -0.469 e. The number of nitrogens with zero attached hydrogens (tertiary/aromatic N) is 2. The lowest BCUT2D eigenvalue weighted by atomic mass is 9.75. The quantitative estimate of drug-likeness (QED) is 0.681. The summed E-state index contributed by atoms with van der Waals surface area (Å²) in [6.45, 7) is 5.27. The second kappa shape index (κ2) is 5.83. The van der Waals surface area contributed by atoms with Crippen LogP contribution in [0.25, 0.3) is 0 Å². The summed E-state index contributed by atoms with van der Waals surface area (Å²) in [7, 11) is 3.67. The molecule has 17 heavy (non-hydrogen) atoms. The van der Waals surface area contributed by atoms with Gasteiger partial charge in [0.05, 0.1) is 13.0 Å². The van der Waals surface area contributed by atoms with Gasteiger partial charge in [-0.05, 0) is 25.8 Å². The van der Waals surface area contributed by atoms with E-state index >= 15 is 0 Å². The van der Waals surface area contributed by atoms with Gasteiger partial charge in [-0.1, -0.05) is 6.42 Å². The van der Waals surface area contributed by atoms with E-state index in [4.69, 9.17) is 4.74 Å². The fourth-order valence-electron chi connectivity index (χ4n) is 2.72. The molecule has 1 saturated heterocycles. The highest BCUT2D eigenvalue weighted by atomic mass is 16.5. The van der Waals surface area contributed by atoms with Crippen LogP contribution in [0.1, 0.15) is 19.3 Å². The molecule has 4 nitrogen and oxygen atoms in total. The van der Waals surface area contributed by atoms with Gasteiger partial charge in [-0.25, -0.2) is 0 Å². The third kappa shape index (κ3) is 3.19. The van der Waals surface area contributed by atoms with E-state index in [0.717, 1.165) is 32.7 Å². The number of rotatable bonds is 4. The average molecular weight is 240 g/mol. The van der Waals surface area contributed by atoms with Crippen molar-refractivity contribution in [3.63, 3.8) is 0 Å². The fourth-order valence-corrected chi connectivity index (χ4v) is 2.72. The van der Waals surface area contributed by atoms with Crippen LogP contribution in [0.4, 0.5) is 0 Å². The van der Waals surface area contributed by atoms with Crippen molar-refractivity contribution in [1.29, 1.82) is 0 Å². The zero-order chi connectivity index (χ0) is 12.3. The molecule has 0 aromatic carbocycles. The molecule has 1 aliphatic heterocycles. The number of esters is 1. The number of methoxy groups -OCH3 is 1. The summed E-state index contributed by atoms with van der Waals surface area (Å²) in [5.41, 5.74) is 0. The van der Waals surface area contributed by atoms with Crippen molar-refractivity contribution in [3.05, 3.63) is 0 Å². The molecule has 1 atom stereocenters. The number of carbonyl (C=O) groups excluding carboxylic acids is 1. The second-order valence-electron chi connectivity index (χ2n) is 5.42. The maximum absolute atomic E-state index is 11.8. The molecule has 1 unspecified atom stereocenters. The zero-order valence-electron chi connectivity index (χ0n) is 11.0. The number of piperazine rings is 1. The molecule has 0 radical (unpaired) electrons. The molecule has 1 saturated carbocycles. The van der Waals surface area contributed by atoms with Crippen molar-refractivity contribution >= 4 is 5.97 Å². The smallest absolute Gasteiger partial charge is 0.310 e. The summed E-state index contributed by atoms with van der Waals surface area (Å²) in [5.74, 6) is 0.674. The highest BCUT2D eigenvalue weighted by molar-refractivity contribution is 5.73. The predicted molar refractivity (Wildman–Crippen MR) is 66.8 cm³/mol. The first kappa shape index (κ1) is 12.8. The molecule has 1 aliphatic carbocycles. The molecule has 2 fully saturated rings. The Morgan fingerprint density at radius 1 is 1.29 bits per heavy atom.